The van der Waals surface area contributed by atoms with Crippen LogP contribution in [0.1, 0.15) is 31.0 Å². The number of nitrogens with one attached hydrogen (secondary N) is 2. The van der Waals surface area contributed by atoms with Crippen molar-refractivity contribution < 1.29 is 4.79 Å². The van der Waals surface area contributed by atoms with Crippen LogP contribution in [-0.4, -0.2) is 6.03 Å². The number of nitriles is 1. The van der Waals surface area contributed by atoms with Gasteiger partial charge in [-0.15, -0.1) is 0 Å². The smallest absolute Gasteiger partial charge is 0.319 e. The zero-order valence-electron chi connectivity index (χ0n) is 13.4. The first kappa shape index (κ1) is 16.6. The lowest BCUT2D eigenvalue weighted by Gasteiger charge is -2.23. The molecule has 4 heteroatoms. The Labute approximate surface area is 137 Å². The van der Waals surface area contributed by atoms with E-state index in [1.54, 1.807) is 12.1 Å². The second-order valence-electron chi connectivity index (χ2n) is 5.76. The Bertz CT molecular complexity index is 672. The minimum Gasteiger partial charge on any atom is -0.331 e. The van der Waals surface area contributed by atoms with Gasteiger partial charge in [-0.25, -0.2) is 4.79 Å². The van der Waals surface area contributed by atoms with E-state index in [1.807, 2.05) is 42.5 Å². The second kappa shape index (κ2) is 8.00. The molecule has 0 aliphatic rings. The van der Waals surface area contributed by atoms with Crippen molar-refractivity contribution in [3.05, 3.63) is 65.7 Å². The number of carbonyl (C=O) groups excluding carboxylic acids is 1. The summed E-state index contributed by atoms with van der Waals surface area (Å²) >= 11 is 0. The van der Waals surface area contributed by atoms with Gasteiger partial charge >= 0.3 is 6.03 Å². The third-order valence-electron chi connectivity index (χ3n) is 3.61. The summed E-state index contributed by atoms with van der Waals surface area (Å²) in [5.74, 6) is 0.279. The molecule has 23 heavy (non-hydrogen) atoms. The number of carbonyl (C=O) groups is 1. The normalized spacial score (nSPS) is 11.6. The van der Waals surface area contributed by atoms with Crippen molar-refractivity contribution in [2.75, 3.05) is 5.32 Å². The second-order valence-corrected chi connectivity index (χ2v) is 5.76. The quantitative estimate of drug-likeness (QED) is 0.866. The number of amides is 2. The summed E-state index contributed by atoms with van der Waals surface area (Å²) in [7, 11) is 0. The van der Waals surface area contributed by atoms with Crippen molar-refractivity contribution in [1.82, 2.24) is 5.32 Å². The highest BCUT2D eigenvalue weighted by molar-refractivity contribution is 5.89. The molecule has 0 aliphatic carbocycles. The summed E-state index contributed by atoms with van der Waals surface area (Å²) in [5, 5.41) is 14.5. The fourth-order valence-electron chi connectivity index (χ4n) is 2.40. The molecule has 0 bridgehead atoms. The molecule has 0 saturated carbocycles. The minimum absolute atomic E-state index is 0.0472. The first-order chi connectivity index (χ1) is 11.1. The van der Waals surface area contributed by atoms with Crippen molar-refractivity contribution >= 4 is 11.7 Å². The van der Waals surface area contributed by atoms with Crippen molar-refractivity contribution in [2.24, 2.45) is 5.92 Å². The Morgan fingerprint density at radius 3 is 2.30 bits per heavy atom. The molecule has 0 spiro atoms. The van der Waals surface area contributed by atoms with E-state index in [0.717, 1.165) is 11.1 Å². The third-order valence-corrected chi connectivity index (χ3v) is 3.61. The predicted molar refractivity (Wildman–Crippen MR) is 91.9 cm³/mol. The zero-order chi connectivity index (χ0) is 16.7. The molecule has 2 rings (SSSR count). The lowest BCUT2D eigenvalue weighted by atomic mass is 9.96. The summed E-state index contributed by atoms with van der Waals surface area (Å²) in [5.41, 5.74) is 2.73. The molecule has 2 aromatic rings. The Hall–Kier alpha value is -2.80. The number of hydrogen-bond acceptors (Lipinski definition) is 2. The first-order valence-corrected chi connectivity index (χ1v) is 7.68. The topological polar surface area (TPSA) is 64.9 Å². The van der Waals surface area contributed by atoms with Crippen LogP contribution in [0.5, 0.6) is 0 Å². The maximum Gasteiger partial charge on any atom is 0.319 e. The molecule has 0 aromatic heterocycles. The standard InChI is InChI=1S/C19H21N3O/c1-14(2)18(16-6-4-3-5-7-16)22-19(23)21-17-10-8-15(9-11-17)12-13-20/h3-11,14,18H,12H2,1-2H3,(H2,21,22,23). The number of nitrogens with zero attached hydrogens (tertiary/aromatic N) is 1. The van der Waals surface area contributed by atoms with Gasteiger partial charge in [0.05, 0.1) is 18.5 Å². The Morgan fingerprint density at radius 2 is 1.74 bits per heavy atom. The minimum atomic E-state index is -0.236. The average Bonchev–Trinajstić information content (AvgIpc) is 2.55. The fraction of sp³-hybridized carbons (Fsp3) is 0.263. The van der Waals surface area contributed by atoms with Crippen LogP contribution in [0.4, 0.5) is 10.5 Å². The van der Waals surface area contributed by atoms with E-state index in [4.69, 9.17) is 5.26 Å². The molecule has 118 valence electrons. The van der Waals surface area contributed by atoms with Gasteiger partial charge in [-0.3, -0.25) is 0 Å². The van der Waals surface area contributed by atoms with E-state index >= 15 is 0 Å². The van der Waals surface area contributed by atoms with E-state index in [9.17, 15) is 4.79 Å². The van der Waals surface area contributed by atoms with Crippen LogP contribution in [0, 0.1) is 17.2 Å². The number of hydrogen-bond donors (Lipinski definition) is 2. The fourth-order valence-corrected chi connectivity index (χ4v) is 2.40. The maximum atomic E-state index is 12.2. The van der Waals surface area contributed by atoms with Crippen molar-refractivity contribution in [2.45, 2.75) is 26.3 Å². The van der Waals surface area contributed by atoms with Gasteiger partial charge < -0.3 is 10.6 Å². The van der Waals surface area contributed by atoms with Crippen LogP contribution in [0.3, 0.4) is 0 Å². The van der Waals surface area contributed by atoms with Gasteiger partial charge in [0.2, 0.25) is 0 Å². The first-order valence-electron chi connectivity index (χ1n) is 7.68. The monoisotopic (exact) mass is 307 g/mol. The highest BCUT2D eigenvalue weighted by atomic mass is 16.2. The molecule has 0 radical (unpaired) electrons. The van der Waals surface area contributed by atoms with E-state index in [-0.39, 0.29) is 18.0 Å². The van der Waals surface area contributed by atoms with Gasteiger partial charge in [0.15, 0.2) is 0 Å². The van der Waals surface area contributed by atoms with Crippen molar-refractivity contribution in [3.63, 3.8) is 0 Å². The zero-order valence-corrected chi connectivity index (χ0v) is 13.4. The molecule has 2 amide bonds. The molecule has 1 unspecified atom stereocenters. The third kappa shape index (κ3) is 4.86. The maximum absolute atomic E-state index is 12.2. The summed E-state index contributed by atoms with van der Waals surface area (Å²) < 4.78 is 0. The summed E-state index contributed by atoms with van der Waals surface area (Å²) in [6.07, 6.45) is 0.371. The highest BCUT2D eigenvalue weighted by Crippen LogP contribution is 2.21. The number of anilines is 1. The average molecular weight is 307 g/mol. The summed E-state index contributed by atoms with van der Waals surface area (Å²) in [6.45, 7) is 4.16. The molecule has 0 heterocycles. The molecule has 2 aromatic carbocycles. The van der Waals surface area contributed by atoms with Gasteiger partial charge in [0.1, 0.15) is 0 Å². The van der Waals surface area contributed by atoms with Gasteiger partial charge in [0.25, 0.3) is 0 Å². The van der Waals surface area contributed by atoms with E-state index in [0.29, 0.717) is 12.1 Å². The highest BCUT2D eigenvalue weighted by Gasteiger charge is 2.17. The molecule has 1 atom stereocenters. The van der Waals surface area contributed by atoms with Crippen molar-refractivity contribution in [3.8, 4) is 6.07 Å². The van der Waals surface area contributed by atoms with Crippen LogP contribution < -0.4 is 10.6 Å². The SMILES string of the molecule is CC(C)C(NC(=O)Nc1ccc(CC#N)cc1)c1ccccc1. The van der Waals surface area contributed by atoms with Crippen LogP contribution in [0.2, 0.25) is 0 Å². The molecule has 2 N–H and O–H groups in total. The molecule has 0 saturated heterocycles. The van der Waals surface area contributed by atoms with Crippen LogP contribution in [-0.2, 0) is 6.42 Å². The van der Waals surface area contributed by atoms with E-state index < -0.39 is 0 Å². The predicted octanol–water partition coefficient (Wildman–Crippen LogP) is 4.27. The lowest BCUT2D eigenvalue weighted by Crippen LogP contribution is -2.35. The van der Waals surface area contributed by atoms with Crippen molar-refractivity contribution in [1.29, 1.82) is 5.26 Å². The molecular weight excluding hydrogens is 286 g/mol. The van der Waals surface area contributed by atoms with E-state index in [2.05, 4.69) is 30.6 Å². The van der Waals surface area contributed by atoms with E-state index in [1.165, 1.54) is 0 Å². The Balaban J connectivity index is 2.01. The van der Waals surface area contributed by atoms with Gasteiger partial charge in [-0.05, 0) is 29.2 Å². The summed E-state index contributed by atoms with van der Waals surface area (Å²) in [6, 6.07) is 19.0. The molecular formula is C19H21N3O. The number of rotatable bonds is 5. The number of urea groups is 1. The number of benzene rings is 2. The Morgan fingerprint density at radius 1 is 1.09 bits per heavy atom. The summed E-state index contributed by atoms with van der Waals surface area (Å²) in [4.78, 5) is 12.2. The van der Waals surface area contributed by atoms with Gasteiger partial charge in [-0.2, -0.15) is 5.26 Å². The van der Waals surface area contributed by atoms with Gasteiger partial charge in [0, 0.05) is 5.69 Å². The van der Waals surface area contributed by atoms with Crippen LogP contribution >= 0.6 is 0 Å². The van der Waals surface area contributed by atoms with Crippen LogP contribution in [0.15, 0.2) is 54.6 Å². The molecule has 0 fully saturated rings. The molecule has 0 aliphatic heterocycles. The van der Waals surface area contributed by atoms with Crippen LogP contribution in [0.25, 0.3) is 0 Å². The molecule has 4 nitrogen and oxygen atoms in total. The largest absolute Gasteiger partial charge is 0.331 e. The Kier molecular flexibility index (Phi) is 5.76. The lowest BCUT2D eigenvalue weighted by molar-refractivity contribution is 0.244. The van der Waals surface area contributed by atoms with Gasteiger partial charge in [-0.1, -0.05) is 56.3 Å².